The van der Waals surface area contributed by atoms with Gasteiger partial charge in [-0.15, -0.1) is 0 Å². The van der Waals surface area contributed by atoms with Crippen LogP contribution in [0, 0.1) is 13.8 Å². The number of ether oxygens (including phenoxy) is 1. The van der Waals surface area contributed by atoms with Crippen molar-refractivity contribution in [3.05, 3.63) is 53.3 Å². The van der Waals surface area contributed by atoms with Crippen LogP contribution < -0.4 is 15.6 Å². The summed E-state index contributed by atoms with van der Waals surface area (Å²) in [5, 5.41) is 1.60. The second-order valence-electron chi connectivity index (χ2n) is 4.62. The minimum Gasteiger partial charge on any atom is -0.487 e. The number of nitrogens with zero attached hydrogens (tertiary/aromatic N) is 2. The van der Waals surface area contributed by atoms with Crippen LogP contribution in [0.3, 0.4) is 0 Å². The maximum atomic E-state index is 5.82. The molecule has 0 fully saturated rings. The van der Waals surface area contributed by atoms with Crippen molar-refractivity contribution in [2.75, 3.05) is 12.1 Å². The molecule has 1 aromatic heterocycles. The summed E-state index contributed by atoms with van der Waals surface area (Å²) in [5.74, 6) is 6.60. The number of para-hydroxylation sites is 1. The standard InChI is InChI=1S/C15H19N3O/c1-11-8-12(2)17-9-15(11)19-10-13-6-4-5-7-14(13)18(3)16/h4-9H,10,16H2,1-3H3. The van der Waals surface area contributed by atoms with E-state index in [2.05, 4.69) is 4.98 Å². The summed E-state index contributed by atoms with van der Waals surface area (Å²) >= 11 is 0. The molecule has 0 aliphatic heterocycles. The number of pyridine rings is 1. The first kappa shape index (κ1) is 13.4. The zero-order valence-electron chi connectivity index (χ0n) is 11.6. The minimum atomic E-state index is 0.475. The normalized spacial score (nSPS) is 10.3. The van der Waals surface area contributed by atoms with Crippen molar-refractivity contribution in [3.63, 3.8) is 0 Å². The van der Waals surface area contributed by atoms with Crippen LogP contribution >= 0.6 is 0 Å². The van der Waals surface area contributed by atoms with Gasteiger partial charge < -0.3 is 9.75 Å². The van der Waals surface area contributed by atoms with Gasteiger partial charge in [0.15, 0.2) is 0 Å². The Bertz CT molecular complexity index is 567. The molecule has 0 aliphatic rings. The third-order valence-electron chi connectivity index (χ3n) is 2.95. The molecule has 1 aromatic carbocycles. The lowest BCUT2D eigenvalue weighted by molar-refractivity contribution is 0.303. The molecular weight excluding hydrogens is 238 g/mol. The maximum absolute atomic E-state index is 5.82. The summed E-state index contributed by atoms with van der Waals surface area (Å²) in [7, 11) is 1.82. The summed E-state index contributed by atoms with van der Waals surface area (Å²) in [6, 6.07) is 9.93. The summed E-state index contributed by atoms with van der Waals surface area (Å²) in [6.07, 6.45) is 1.76. The number of hydrogen-bond donors (Lipinski definition) is 1. The van der Waals surface area contributed by atoms with Gasteiger partial charge in [-0.25, -0.2) is 5.84 Å². The van der Waals surface area contributed by atoms with E-state index in [1.54, 1.807) is 11.2 Å². The predicted octanol–water partition coefficient (Wildman–Crippen LogP) is 2.59. The van der Waals surface area contributed by atoms with Crippen molar-refractivity contribution in [2.24, 2.45) is 5.84 Å². The van der Waals surface area contributed by atoms with E-state index in [1.807, 2.05) is 51.2 Å². The van der Waals surface area contributed by atoms with E-state index < -0.39 is 0 Å². The second kappa shape index (κ2) is 5.71. The van der Waals surface area contributed by atoms with Crippen molar-refractivity contribution >= 4 is 5.69 Å². The zero-order valence-corrected chi connectivity index (χ0v) is 11.6. The molecule has 4 heteroatoms. The molecular formula is C15H19N3O. The third-order valence-corrected chi connectivity index (χ3v) is 2.95. The van der Waals surface area contributed by atoms with Gasteiger partial charge >= 0.3 is 0 Å². The SMILES string of the molecule is Cc1cc(C)c(OCc2ccccc2N(C)N)cn1. The molecule has 19 heavy (non-hydrogen) atoms. The fraction of sp³-hybridized carbons (Fsp3) is 0.267. The monoisotopic (exact) mass is 257 g/mol. The van der Waals surface area contributed by atoms with Crippen LogP contribution in [0.5, 0.6) is 5.75 Å². The Hall–Kier alpha value is -2.07. The Morgan fingerprint density at radius 3 is 2.68 bits per heavy atom. The molecule has 0 aliphatic carbocycles. The number of hydrazine groups is 1. The second-order valence-corrected chi connectivity index (χ2v) is 4.62. The van der Waals surface area contributed by atoms with Crippen molar-refractivity contribution in [1.29, 1.82) is 0 Å². The van der Waals surface area contributed by atoms with E-state index >= 15 is 0 Å². The van der Waals surface area contributed by atoms with Crippen LogP contribution in [-0.4, -0.2) is 12.0 Å². The smallest absolute Gasteiger partial charge is 0.141 e. The quantitative estimate of drug-likeness (QED) is 0.675. The first-order valence-corrected chi connectivity index (χ1v) is 6.20. The van der Waals surface area contributed by atoms with Gasteiger partial charge in [0, 0.05) is 18.3 Å². The Balaban J connectivity index is 2.14. The van der Waals surface area contributed by atoms with Crippen LogP contribution in [-0.2, 0) is 6.61 Å². The lowest BCUT2D eigenvalue weighted by Crippen LogP contribution is -2.26. The predicted molar refractivity (Wildman–Crippen MR) is 77.1 cm³/mol. The highest BCUT2D eigenvalue weighted by Crippen LogP contribution is 2.22. The van der Waals surface area contributed by atoms with Gasteiger partial charge in [0.2, 0.25) is 0 Å². The molecule has 0 atom stereocenters. The van der Waals surface area contributed by atoms with Crippen LogP contribution in [0.1, 0.15) is 16.8 Å². The van der Waals surface area contributed by atoms with Crippen LogP contribution in [0.25, 0.3) is 0 Å². The van der Waals surface area contributed by atoms with Crippen LogP contribution in [0.4, 0.5) is 5.69 Å². The van der Waals surface area contributed by atoms with E-state index in [4.69, 9.17) is 10.6 Å². The summed E-state index contributed by atoms with van der Waals surface area (Å²) in [6.45, 7) is 4.46. The third kappa shape index (κ3) is 3.23. The number of benzene rings is 1. The average molecular weight is 257 g/mol. The maximum Gasteiger partial charge on any atom is 0.141 e. The van der Waals surface area contributed by atoms with Crippen LogP contribution in [0.15, 0.2) is 36.5 Å². The Kier molecular flexibility index (Phi) is 4.02. The number of aromatic nitrogens is 1. The lowest BCUT2D eigenvalue weighted by atomic mass is 10.2. The molecule has 1 heterocycles. The van der Waals surface area contributed by atoms with E-state index in [0.29, 0.717) is 6.61 Å². The molecule has 4 nitrogen and oxygen atoms in total. The fourth-order valence-electron chi connectivity index (χ4n) is 1.97. The molecule has 2 N–H and O–H groups in total. The molecule has 100 valence electrons. The van der Waals surface area contributed by atoms with Crippen LogP contribution in [0.2, 0.25) is 0 Å². The minimum absolute atomic E-state index is 0.475. The summed E-state index contributed by atoms with van der Waals surface area (Å²) in [5.41, 5.74) is 4.09. The first-order valence-electron chi connectivity index (χ1n) is 6.20. The molecule has 0 spiro atoms. The van der Waals surface area contributed by atoms with Crippen molar-refractivity contribution < 1.29 is 4.74 Å². The lowest BCUT2D eigenvalue weighted by Gasteiger charge is -2.17. The van der Waals surface area contributed by atoms with Gasteiger partial charge in [0.1, 0.15) is 12.4 Å². The van der Waals surface area contributed by atoms with E-state index in [9.17, 15) is 0 Å². The first-order chi connectivity index (χ1) is 9.08. The number of nitrogens with two attached hydrogens (primary N) is 1. The summed E-state index contributed by atoms with van der Waals surface area (Å²) in [4.78, 5) is 4.25. The summed E-state index contributed by atoms with van der Waals surface area (Å²) < 4.78 is 5.82. The van der Waals surface area contributed by atoms with Gasteiger partial charge in [-0.2, -0.15) is 0 Å². The Labute approximate surface area is 113 Å². The molecule has 0 radical (unpaired) electrons. The highest BCUT2D eigenvalue weighted by Gasteiger charge is 2.06. The number of hydrogen-bond acceptors (Lipinski definition) is 4. The van der Waals surface area contributed by atoms with E-state index in [0.717, 1.165) is 28.3 Å². The highest BCUT2D eigenvalue weighted by atomic mass is 16.5. The van der Waals surface area contributed by atoms with E-state index in [1.165, 1.54) is 0 Å². The molecule has 0 amide bonds. The topological polar surface area (TPSA) is 51.4 Å². The highest BCUT2D eigenvalue weighted by molar-refractivity contribution is 5.51. The Morgan fingerprint density at radius 2 is 2.00 bits per heavy atom. The fourth-order valence-corrected chi connectivity index (χ4v) is 1.97. The number of anilines is 1. The molecule has 0 bridgehead atoms. The van der Waals surface area contributed by atoms with Gasteiger partial charge in [-0.3, -0.25) is 4.98 Å². The van der Waals surface area contributed by atoms with Gasteiger partial charge in [0.25, 0.3) is 0 Å². The van der Waals surface area contributed by atoms with Gasteiger partial charge in [-0.05, 0) is 31.5 Å². The molecule has 2 aromatic rings. The van der Waals surface area contributed by atoms with Crippen molar-refractivity contribution in [3.8, 4) is 5.75 Å². The van der Waals surface area contributed by atoms with Crippen molar-refractivity contribution in [1.82, 2.24) is 4.98 Å². The number of aryl methyl sites for hydroxylation is 2. The average Bonchev–Trinajstić information content (AvgIpc) is 2.38. The molecule has 2 rings (SSSR count). The molecule has 0 saturated heterocycles. The zero-order chi connectivity index (χ0) is 13.8. The molecule has 0 unspecified atom stereocenters. The van der Waals surface area contributed by atoms with E-state index in [-0.39, 0.29) is 0 Å². The van der Waals surface area contributed by atoms with Crippen molar-refractivity contribution in [2.45, 2.75) is 20.5 Å². The Morgan fingerprint density at radius 1 is 1.26 bits per heavy atom. The largest absolute Gasteiger partial charge is 0.487 e. The van der Waals surface area contributed by atoms with Gasteiger partial charge in [-0.1, -0.05) is 18.2 Å². The molecule has 0 saturated carbocycles. The van der Waals surface area contributed by atoms with Gasteiger partial charge in [0.05, 0.1) is 11.9 Å². The number of rotatable bonds is 4.